The van der Waals surface area contributed by atoms with Crippen LogP contribution >= 0.6 is 0 Å². The first kappa shape index (κ1) is 41.1. The van der Waals surface area contributed by atoms with Gasteiger partial charge in [-0.3, -0.25) is 34.4 Å². The number of rotatable bonds is 5. The number of hydrogen-bond donors (Lipinski definition) is 2. The average molecular weight is 853 g/mol. The van der Waals surface area contributed by atoms with Crippen molar-refractivity contribution < 1.29 is 37.1 Å². The van der Waals surface area contributed by atoms with Gasteiger partial charge in [-0.05, 0) is 67.5 Å². The average Bonchev–Trinajstić information content (AvgIpc) is 3.97. The van der Waals surface area contributed by atoms with E-state index in [9.17, 15) is 19.2 Å². The number of fused-ring (bicyclic) bond motifs is 7. The molecule has 4 amide bonds. The zero-order valence-corrected chi connectivity index (χ0v) is 34.5. The number of aryl methyl sites for hydroxylation is 1. The number of benzene rings is 2. The molecule has 0 radical (unpaired) electrons. The van der Waals surface area contributed by atoms with Crippen molar-refractivity contribution in [2.24, 2.45) is 23.9 Å². The maximum atomic E-state index is 15.3. The second-order valence-electron chi connectivity index (χ2n) is 16.8. The number of pyridine rings is 1. The molecule has 0 spiro atoms. The molecule has 3 fully saturated rings. The van der Waals surface area contributed by atoms with Crippen molar-refractivity contribution in [1.82, 2.24) is 29.9 Å². The predicted molar refractivity (Wildman–Crippen MR) is 223 cm³/mol. The zero-order chi connectivity index (χ0) is 43.2. The van der Waals surface area contributed by atoms with Gasteiger partial charge in [0.05, 0.1) is 59.0 Å². The van der Waals surface area contributed by atoms with Crippen molar-refractivity contribution in [2.45, 2.75) is 51.5 Å². The summed E-state index contributed by atoms with van der Waals surface area (Å²) in [5, 5.41) is 9.75. The van der Waals surface area contributed by atoms with E-state index in [0.29, 0.717) is 94.2 Å². The molecule has 5 aliphatic heterocycles. The van der Waals surface area contributed by atoms with E-state index in [2.05, 4.69) is 43.6 Å². The summed E-state index contributed by atoms with van der Waals surface area (Å²) < 4.78 is 53.4. The second kappa shape index (κ2) is 16.9. The van der Waals surface area contributed by atoms with E-state index in [0.717, 1.165) is 36.0 Å². The van der Waals surface area contributed by atoms with Crippen LogP contribution in [0.1, 0.15) is 66.4 Å². The number of imide groups is 1. The number of ether oxygens (including phenoxy) is 1. The lowest BCUT2D eigenvalue weighted by Crippen LogP contribution is -2.50. The highest BCUT2D eigenvalue weighted by Crippen LogP contribution is 2.37. The summed E-state index contributed by atoms with van der Waals surface area (Å²) in [5.74, 6) is -4.79. The minimum absolute atomic E-state index is 0.0123. The van der Waals surface area contributed by atoms with E-state index in [1.807, 2.05) is 21.9 Å². The number of halogens is 3. The molecule has 0 saturated carbocycles. The number of nitrogens with zero attached hydrogens (tertiary/aromatic N) is 8. The maximum Gasteiger partial charge on any atom is 0.283 e. The largest absolute Gasteiger partial charge is 0.477 e. The number of nitrogens with one attached hydrogen (secondary N) is 2. The molecule has 7 heterocycles. The number of amides is 4. The number of anilines is 3. The molecule has 3 saturated heterocycles. The Morgan fingerprint density at radius 3 is 2.45 bits per heavy atom. The lowest BCUT2D eigenvalue weighted by atomic mass is 9.89. The number of carbonyl (C=O) groups is 4. The summed E-state index contributed by atoms with van der Waals surface area (Å²) in [6.45, 7) is 6.90. The first-order chi connectivity index (χ1) is 29.9. The van der Waals surface area contributed by atoms with Gasteiger partial charge in [0.2, 0.25) is 29.6 Å². The number of piperazine rings is 1. The fourth-order valence-corrected chi connectivity index (χ4v) is 9.16. The maximum absolute atomic E-state index is 15.3. The summed E-state index contributed by atoms with van der Waals surface area (Å²) in [6, 6.07) is 9.87. The molecule has 3 atom stereocenters. The highest BCUT2D eigenvalue weighted by atomic mass is 19.1. The predicted octanol–water partition coefficient (Wildman–Crippen LogP) is 4.83. The number of guanidine groups is 1. The van der Waals surface area contributed by atoms with Gasteiger partial charge < -0.3 is 24.8 Å². The van der Waals surface area contributed by atoms with Gasteiger partial charge in [0, 0.05) is 77.1 Å². The number of carbonyl (C=O) groups excluding carboxylic acids is 4. The van der Waals surface area contributed by atoms with Crippen molar-refractivity contribution in [1.29, 1.82) is 0 Å². The Kier molecular flexibility index (Phi) is 11.2. The van der Waals surface area contributed by atoms with Crippen LogP contribution in [0.25, 0.3) is 11.3 Å². The van der Waals surface area contributed by atoms with Gasteiger partial charge in [-0.1, -0.05) is 13.0 Å². The molecular weight excluding hydrogens is 806 g/mol. The van der Waals surface area contributed by atoms with E-state index in [4.69, 9.17) is 4.74 Å². The Hall–Kier alpha value is -6.30. The zero-order valence-electron chi connectivity index (χ0n) is 34.5. The molecule has 2 N–H and O–H groups in total. The van der Waals surface area contributed by atoms with Crippen LogP contribution in [-0.2, 0) is 28.0 Å². The van der Waals surface area contributed by atoms with Crippen LogP contribution in [0, 0.1) is 29.3 Å². The minimum atomic E-state index is -1.08. The summed E-state index contributed by atoms with van der Waals surface area (Å²) in [7, 11) is 1.75. The van der Waals surface area contributed by atoms with Gasteiger partial charge in [-0.2, -0.15) is 10.1 Å². The third-order valence-electron chi connectivity index (χ3n) is 12.5. The fourth-order valence-electron chi connectivity index (χ4n) is 9.16. The van der Waals surface area contributed by atoms with E-state index >= 15 is 13.2 Å². The standard InChI is InChI=1S/C44H47F3N10O5/c1-25-4-3-15-62-43-31(20-49-53(43)2)36-19-30(34(47)21-48-36)41(60)52-44-50-35-7-5-26(16-37(35)57(44)22-25)23-54-11-13-55(14-12-54)42(61)27-9-10-56(24-27)28-17-32(45)39(33(46)18-28)29-6-8-38(58)51-40(29)59/h5,7,16-21,25,27,29H,3-4,6,8-15,22-24H2,1-2H3,(H,50,52,60)(H,51,58,59)/t25-,27-,29-/m1/s1. The molecule has 62 heavy (non-hydrogen) atoms. The number of aliphatic imine (C=N–C) groups is 1. The number of hydrogen-bond acceptors (Lipinski definition) is 11. The first-order valence-corrected chi connectivity index (χ1v) is 21.1. The molecule has 5 aliphatic rings. The minimum Gasteiger partial charge on any atom is -0.477 e. The third-order valence-corrected chi connectivity index (χ3v) is 12.5. The summed E-state index contributed by atoms with van der Waals surface area (Å²) in [5.41, 5.74) is 3.35. The molecule has 2 aromatic heterocycles. The van der Waals surface area contributed by atoms with Gasteiger partial charge in [-0.15, -0.1) is 0 Å². The molecule has 4 aromatic rings. The van der Waals surface area contributed by atoms with Crippen LogP contribution in [0.3, 0.4) is 0 Å². The highest BCUT2D eigenvalue weighted by molar-refractivity contribution is 6.19. The quantitative estimate of drug-likeness (QED) is 0.265. The van der Waals surface area contributed by atoms with Crippen LogP contribution in [0.2, 0.25) is 0 Å². The lowest BCUT2D eigenvalue weighted by Gasteiger charge is -2.36. The van der Waals surface area contributed by atoms with Crippen molar-refractivity contribution in [3.05, 3.63) is 82.9 Å². The van der Waals surface area contributed by atoms with E-state index in [-0.39, 0.29) is 41.7 Å². The van der Waals surface area contributed by atoms with Crippen molar-refractivity contribution in [2.75, 3.05) is 67.5 Å². The molecule has 324 valence electrons. The van der Waals surface area contributed by atoms with Crippen LogP contribution in [0.15, 0.2) is 53.8 Å². The fraction of sp³-hybridized carbons (Fsp3) is 0.432. The van der Waals surface area contributed by atoms with Crippen molar-refractivity contribution in [3.63, 3.8) is 0 Å². The van der Waals surface area contributed by atoms with Crippen LogP contribution in [0.5, 0.6) is 5.88 Å². The summed E-state index contributed by atoms with van der Waals surface area (Å²) >= 11 is 0. The first-order valence-electron chi connectivity index (χ1n) is 21.1. The molecule has 9 rings (SSSR count). The van der Waals surface area contributed by atoms with E-state index in [1.165, 1.54) is 18.2 Å². The Bertz CT molecular complexity index is 2460. The van der Waals surface area contributed by atoms with E-state index < -0.39 is 41.1 Å². The van der Waals surface area contributed by atoms with Gasteiger partial charge >= 0.3 is 0 Å². The molecule has 2 bridgehead atoms. The Balaban J connectivity index is 0.841. The molecule has 0 aliphatic carbocycles. The number of aromatic nitrogens is 3. The van der Waals surface area contributed by atoms with Gasteiger partial charge in [0.15, 0.2) is 5.82 Å². The molecule has 0 unspecified atom stereocenters. The third kappa shape index (κ3) is 8.10. The van der Waals surface area contributed by atoms with Crippen LogP contribution < -0.4 is 25.2 Å². The normalized spacial score (nSPS) is 23.0. The monoisotopic (exact) mass is 852 g/mol. The molecule has 15 nitrogen and oxygen atoms in total. The lowest BCUT2D eigenvalue weighted by molar-refractivity contribution is -0.137. The Morgan fingerprint density at radius 2 is 1.68 bits per heavy atom. The van der Waals surface area contributed by atoms with Crippen molar-refractivity contribution in [3.8, 4) is 17.1 Å². The van der Waals surface area contributed by atoms with Gasteiger partial charge in [0.25, 0.3) is 5.91 Å². The topological polar surface area (TPSA) is 158 Å². The molecule has 18 heteroatoms. The SMILES string of the molecule is C[C@@H]1CCCOc2c(cnn2C)-c2cc(c(F)cn2)C(=O)/N=C2\Nc3ccc(CN4CCN(C(=O)[C@@H]5CCN(c6cc(F)c([C@H]7CCC(=O)NC7=O)c(F)c6)C5)CC4)cc3N2C1. The number of piperidine rings is 1. The highest BCUT2D eigenvalue weighted by Gasteiger charge is 2.36. The van der Waals surface area contributed by atoms with Crippen molar-refractivity contribution >= 4 is 46.7 Å². The summed E-state index contributed by atoms with van der Waals surface area (Å²) in [4.78, 5) is 67.8. The summed E-state index contributed by atoms with van der Waals surface area (Å²) in [6.07, 6.45) is 4.80. The van der Waals surface area contributed by atoms with E-state index in [1.54, 1.807) is 22.8 Å². The van der Waals surface area contributed by atoms with Gasteiger partial charge in [-0.25, -0.2) is 17.9 Å². The van der Waals surface area contributed by atoms with Gasteiger partial charge in [0.1, 0.15) is 11.6 Å². The Labute approximate surface area is 355 Å². The van der Waals surface area contributed by atoms with Crippen LogP contribution in [0.4, 0.5) is 30.2 Å². The molecule has 2 aromatic carbocycles. The Morgan fingerprint density at radius 1 is 0.887 bits per heavy atom. The van der Waals surface area contributed by atoms with Crippen LogP contribution in [-0.4, -0.2) is 107 Å². The molecular formula is C44H47F3N10O5. The second-order valence-corrected chi connectivity index (χ2v) is 16.8. The smallest absolute Gasteiger partial charge is 0.283 e.